The van der Waals surface area contributed by atoms with E-state index >= 15 is 0 Å². The second kappa shape index (κ2) is 10.9. The van der Waals surface area contributed by atoms with E-state index in [1.54, 1.807) is 4.90 Å². The van der Waals surface area contributed by atoms with Crippen LogP contribution in [0.15, 0.2) is 12.1 Å². The van der Waals surface area contributed by atoms with Crippen LogP contribution in [0.2, 0.25) is 0 Å². The van der Waals surface area contributed by atoms with Gasteiger partial charge < -0.3 is 20.1 Å². The number of fused-ring (bicyclic) bond motifs is 1. The summed E-state index contributed by atoms with van der Waals surface area (Å²) in [6.07, 6.45) is 11.5. The maximum atomic E-state index is 12.6. The molecule has 0 spiro atoms. The Labute approximate surface area is 197 Å². The minimum atomic E-state index is -1.00. The molecule has 1 saturated carbocycles. The molecule has 0 radical (unpaired) electrons. The van der Waals surface area contributed by atoms with Crippen LogP contribution in [0.25, 0.3) is 0 Å². The van der Waals surface area contributed by atoms with Gasteiger partial charge in [0, 0.05) is 36.5 Å². The molecule has 0 aromatic carbocycles. The van der Waals surface area contributed by atoms with Crippen molar-refractivity contribution in [2.75, 3.05) is 6.61 Å². The van der Waals surface area contributed by atoms with E-state index in [2.05, 4.69) is 17.4 Å². The van der Waals surface area contributed by atoms with Crippen LogP contribution >= 0.6 is 0 Å². The first-order valence-corrected chi connectivity index (χ1v) is 12.8. The van der Waals surface area contributed by atoms with E-state index in [0.29, 0.717) is 12.5 Å². The van der Waals surface area contributed by atoms with Crippen LogP contribution in [-0.4, -0.2) is 57.8 Å². The smallest absolute Gasteiger partial charge is 0.326 e. The molecule has 2 amide bonds. The van der Waals surface area contributed by atoms with Gasteiger partial charge in [-0.3, -0.25) is 4.98 Å². The number of carbonyl (C=O) groups excluding carboxylic acids is 1. The molecule has 2 fully saturated rings. The lowest BCUT2D eigenvalue weighted by Crippen LogP contribution is -2.51. The number of carbonyl (C=O) groups is 2. The van der Waals surface area contributed by atoms with E-state index in [1.165, 1.54) is 36.2 Å². The fourth-order valence-corrected chi connectivity index (χ4v) is 5.59. The van der Waals surface area contributed by atoms with Crippen LogP contribution < -0.4 is 5.32 Å². The summed E-state index contributed by atoms with van der Waals surface area (Å²) in [5, 5.41) is 12.2. The minimum absolute atomic E-state index is 0.147. The molecular formula is C26H39N3O4. The van der Waals surface area contributed by atoms with Crippen molar-refractivity contribution in [3.63, 3.8) is 0 Å². The summed E-state index contributed by atoms with van der Waals surface area (Å²) in [7, 11) is 0. The highest BCUT2D eigenvalue weighted by Gasteiger charge is 2.34. The number of ether oxygens (including phenoxy) is 1. The number of hydrogen-bond donors (Lipinski definition) is 2. The zero-order valence-corrected chi connectivity index (χ0v) is 20.1. The van der Waals surface area contributed by atoms with Crippen molar-refractivity contribution < 1.29 is 19.4 Å². The Morgan fingerprint density at radius 3 is 2.64 bits per heavy atom. The molecule has 1 aromatic heterocycles. The molecular weight excluding hydrogens is 418 g/mol. The monoisotopic (exact) mass is 457 g/mol. The Morgan fingerprint density at radius 1 is 1.18 bits per heavy atom. The van der Waals surface area contributed by atoms with E-state index in [9.17, 15) is 14.7 Å². The number of aliphatic carboxylic acids is 1. The zero-order valence-electron chi connectivity index (χ0n) is 20.1. The van der Waals surface area contributed by atoms with Crippen molar-refractivity contribution in [1.82, 2.24) is 15.2 Å². The summed E-state index contributed by atoms with van der Waals surface area (Å²) >= 11 is 0. The molecule has 7 nitrogen and oxygen atoms in total. The summed E-state index contributed by atoms with van der Waals surface area (Å²) in [5.41, 5.74) is 3.95. The van der Waals surface area contributed by atoms with Crippen LogP contribution in [-0.2, 0) is 28.8 Å². The molecule has 3 atom stereocenters. The lowest BCUT2D eigenvalue weighted by molar-refractivity contribution is -0.140. The Balaban J connectivity index is 1.13. The third-order valence-electron chi connectivity index (χ3n) is 7.78. The first-order valence-electron chi connectivity index (χ1n) is 12.8. The number of aryl methyl sites for hydroxylation is 3. The van der Waals surface area contributed by atoms with Gasteiger partial charge in [-0.05, 0) is 95.6 Å². The van der Waals surface area contributed by atoms with Crippen molar-refractivity contribution in [3.05, 3.63) is 29.1 Å². The number of nitrogens with one attached hydrogen (secondary N) is 1. The number of amides is 2. The van der Waals surface area contributed by atoms with Gasteiger partial charge in [0.1, 0.15) is 6.04 Å². The molecule has 4 rings (SSSR count). The number of urea groups is 1. The summed E-state index contributed by atoms with van der Waals surface area (Å²) in [6.45, 7) is 4.37. The summed E-state index contributed by atoms with van der Waals surface area (Å²) in [4.78, 5) is 30.9. The number of rotatable bonds is 9. The maximum absolute atomic E-state index is 12.6. The molecule has 1 aromatic rings. The van der Waals surface area contributed by atoms with E-state index in [1.807, 2.05) is 13.8 Å². The molecule has 1 aliphatic heterocycles. The largest absolute Gasteiger partial charge is 0.480 e. The number of carboxylic acids is 1. The molecule has 1 saturated heterocycles. The van der Waals surface area contributed by atoms with Gasteiger partial charge in [0.2, 0.25) is 0 Å². The quantitative estimate of drug-likeness (QED) is 0.582. The number of aromatic nitrogens is 1. The average Bonchev–Trinajstić information content (AvgIpc) is 3.11. The lowest BCUT2D eigenvalue weighted by atomic mass is 9.79. The van der Waals surface area contributed by atoms with Gasteiger partial charge in [0.15, 0.2) is 0 Å². The van der Waals surface area contributed by atoms with Crippen LogP contribution in [0.3, 0.4) is 0 Å². The summed E-state index contributed by atoms with van der Waals surface area (Å²) in [6, 6.07) is 3.57. The maximum Gasteiger partial charge on any atom is 0.326 e. The number of pyridine rings is 1. The van der Waals surface area contributed by atoms with E-state index in [4.69, 9.17) is 9.72 Å². The Bertz CT molecular complexity index is 829. The third-order valence-corrected chi connectivity index (χ3v) is 7.78. The highest BCUT2D eigenvalue weighted by molar-refractivity contribution is 5.83. The van der Waals surface area contributed by atoms with E-state index in [0.717, 1.165) is 44.9 Å². The van der Waals surface area contributed by atoms with Gasteiger partial charge in [-0.2, -0.15) is 0 Å². The fraction of sp³-hybridized carbons (Fsp3) is 0.731. The molecule has 7 heteroatoms. The van der Waals surface area contributed by atoms with E-state index < -0.39 is 12.0 Å². The van der Waals surface area contributed by atoms with Gasteiger partial charge in [-0.1, -0.05) is 6.07 Å². The standard InChI is InChI=1S/C26H39N3O4/c1-17-7-8-18(2)29(17)26(32)28-24(25(30)31)13-14-33-22-15-19(16-22)9-11-21-12-10-20-5-3-4-6-23(20)27-21/h10,12,17-19,22,24H,3-9,11,13-16H2,1-2H3,(H,28,32)(H,30,31)/t17-,18-,19?,22?,24+/m1/s1. The summed E-state index contributed by atoms with van der Waals surface area (Å²) < 4.78 is 5.92. The number of nitrogens with zero attached hydrogens (tertiary/aromatic N) is 2. The Morgan fingerprint density at radius 2 is 1.91 bits per heavy atom. The second-order valence-corrected chi connectivity index (χ2v) is 10.3. The van der Waals surface area contributed by atoms with Crippen molar-refractivity contribution in [2.45, 2.75) is 109 Å². The van der Waals surface area contributed by atoms with Gasteiger partial charge >= 0.3 is 12.0 Å². The lowest BCUT2D eigenvalue weighted by Gasteiger charge is -2.35. The normalized spacial score (nSPS) is 27.5. The third kappa shape index (κ3) is 6.05. The summed E-state index contributed by atoms with van der Waals surface area (Å²) in [5.74, 6) is -0.351. The van der Waals surface area contributed by atoms with Crippen LogP contribution in [0.5, 0.6) is 0 Å². The van der Waals surface area contributed by atoms with Crippen molar-refractivity contribution in [3.8, 4) is 0 Å². The first-order chi connectivity index (χ1) is 15.9. The van der Waals surface area contributed by atoms with Crippen LogP contribution in [0.4, 0.5) is 4.79 Å². The van der Waals surface area contributed by atoms with Crippen molar-refractivity contribution >= 4 is 12.0 Å². The average molecular weight is 458 g/mol. The Kier molecular flexibility index (Phi) is 7.89. The highest BCUT2D eigenvalue weighted by Crippen LogP contribution is 2.34. The van der Waals surface area contributed by atoms with Crippen LogP contribution in [0, 0.1) is 5.92 Å². The molecule has 182 valence electrons. The SMILES string of the molecule is C[C@@H]1CC[C@@H](C)N1C(=O)N[C@@H](CCOC1CC(CCc2ccc3c(n2)CCCC3)C1)C(=O)O. The fourth-order valence-electron chi connectivity index (χ4n) is 5.59. The van der Waals surface area contributed by atoms with Gasteiger partial charge in [0.05, 0.1) is 6.10 Å². The number of hydrogen-bond acceptors (Lipinski definition) is 4. The minimum Gasteiger partial charge on any atom is -0.480 e. The molecule has 2 aliphatic carbocycles. The molecule has 2 N–H and O–H groups in total. The predicted octanol–water partition coefficient (Wildman–Crippen LogP) is 4.11. The molecule has 2 heterocycles. The van der Waals surface area contributed by atoms with Crippen molar-refractivity contribution in [1.29, 1.82) is 0 Å². The number of likely N-dealkylation sites (tertiary alicyclic amines) is 1. The van der Waals surface area contributed by atoms with Crippen LogP contribution in [0.1, 0.15) is 82.2 Å². The topological polar surface area (TPSA) is 91.8 Å². The molecule has 3 aliphatic rings. The number of carboxylic acid groups (broad SMARTS) is 1. The second-order valence-electron chi connectivity index (χ2n) is 10.3. The first kappa shape index (κ1) is 24.0. The van der Waals surface area contributed by atoms with Gasteiger partial charge in [-0.25, -0.2) is 9.59 Å². The predicted molar refractivity (Wildman–Crippen MR) is 126 cm³/mol. The Hall–Kier alpha value is -2.15. The zero-order chi connectivity index (χ0) is 23.4. The highest BCUT2D eigenvalue weighted by atomic mass is 16.5. The molecule has 0 bridgehead atoms. The van der Waals surface area contributed by atoms with Gasteiger partial charge in [-0.15, -0.1) is 0 Å². The van der Waals surface area contributed by atoms with E-state index in [-0.39, 0.29) is 30.6 Å². The van der Waals surface area contributed by atoms with Gasteiger partial charge in [0.25, 0.3) is 0 Å². The molecule has 33 heavy (non-hydrogen) atoms. The molecule has 0 unspecified atom stereocenters. The van der Waals surface area contributed by atoms with Crippen molar-refractivity contribution in [2.24, 2.45) is 5.92 Å².